The number of ether oxygens (including phenoxy) is 2. The highest BCUT2D eigenvalue weighted by atomic mass is 31.2. The third-order valence-electron chi connectivity index (χ3n) is 9.94. The minimum absolute atomic E-state index is 0.0103. The number of carbonyl (C=O) groups excluding carboxylic acids is 1. The number of unbranched alkanes of at least 4 members (excludes halogenated alkanes) is 14. The maximum Gasteiger partial charge on any atom is 0.472 e. The summed E-state index contributed by atoms with van der Waals surface area (Å²) in [6, 6.07) is 0. The molecule has 0 aliphatic carbocycles. The molecule has 0 aliphatic heterocycles. The van der Waals surface area contributed by atoms with Gasteiger partial charge in [0.1, 0.15) is 12.2 Å². The number of rotatable bonds is 46. The molecule has 0 rings (SSSR count). The van der Waals surface area contributed by atoms with E-state index < -0.39 is 45.8 Å². The van der Waals surface area contributed by atoms with Gasteiger partial charge in [-0.3, -0.25) is 13.8 Å². The average Bonchev–Trinajstić information content (AvgIpc) is 3.29. The molecule has 10 heteroatoms. The zero-order chi connectivity index (χ0) is 46.7. The van der Waals surface area contributed by atoms with Crippen molar-refractivity contribution in [2.24, 2.45) is 0 Å². The van der Waals surface area contributed by atoms with Crippen LogP contribution >= 0.6 is 7.82 Å². The van der Waals surface area contributed by atoms with E-state index in [1.807, 2.05) is 0 Å². The molecule has 9 nitrogen and oxygen atoms in total. The summed E-state index contributed by atoms with van der Waals surface area (Å²) in [6.45, 7) is 3.24. The molecule has 0 spiro atoms. The predicted molar refractivity (Wildman–Crippen MR) is 269 cm³/mol. The number of aliphatic hydroxyl groups excluding tert-OH is 2. The highest BCUT2D eigenvalue weighted by Crippen LogP contribution is 2.43. The topological polar surface area (TPSA) is 132 Å². The first kappa shape index (κ1) is 61.1. The standard InChI is InChI=1S/C54H91O9P/c1-3-5-7-9-11-13-15-17-19-21-23-24-25-26-27-29-31-33-35-37-39-41-43-45-47-60-50-53(51-62-64(58,59)61-49-52(56)48-55)63-54(57)46-44-42-40-38-36-34-32-30-28-22-20-18-16-14-12-10-8-6-4-2/h5,7,11-14,17-20,23-24,26-27,31,33,37,39,52-53,55-56H,3-4,6,8-10,15-16,21-22,25,28-30,32,34-36,38,40-51H2,1-2H3,(H,58,59)/b7-5-,13-11-,14-12-,19-17-,20-18-,24-23-,27-26-,33-31-,39-37-. The molecule has 3 unspecified atom stereocenters. The lowest BCUT2D eigenvalue weighted by Crippen LogP contribution is -2.29. The molecule has 0 amide bonds. The first-order valence-corrected chi connectivity index (χ1v) is 26.4. The van der Waals surface area contributed by atoms with Gasteiger partial charge in [-0.25, -0.2) is 4.57 Å². The molecule has 366 valence electrons. The first-order valence-electron chi connectivity index (χ1n) is 24.9. The maximum absolute atomic E-state index is 12.7. The van der Waals surface area contributed by atoms with Crippen LogP contribution in [-0.2, 0) is 27.9 Å². The van der Waals surface area contributed by atoms with Gasteiger partial charge in [0.05, 0.1) is 26.4 Å². The fraction of sp³-hybridized carbons (Fsp3) is 0.648. The largest absolute Gasteiger partial charge is 0.472 e. The smallest absolute Gasteiger partial charge is 0.457 e. The lowest BCUT2D eigenvalue weighted by molar-refractivity contribution is -0.154. The lowest BCUT2D eigenvalue weighted by Gasteiger charge is -2.20. The van der Waals surface area contributed by atoms with Crippen molar-refractivity contribution in [1.29, 1.82) is 0 Å². The van der Waals surface area contributed by atoms with Crippen molar-refractivity contribution < 1.29 is 43.0 Å². The Morgan fingerprint density at radius 2 is 0.891 bits per heavy atom. The fourth-order valence-corrected chi connectivity index (χ4v) is 6.98. The molecule has 3 N–H and O–H groups in total. The van der Waals surface area contributed by atoms with Crippen LogP contribution in [0.15, 0.2) is 109 Å². The molecule has 3 atom stereocenters. The monoisotopic (exact) mass is 915 g/mol. The summed E-state index contributed by atoms with van der Waals surface area (Å²) in [5.41, 5.74) is 0. The van der Waals surface area contributed by atoms with Gasteiger partial charge in [0.25, 0.3) is 0 Å². The van der Waals surface area contributed by atoms with Gasteiger partial charge in [-0.15, -0.1) is 0 Å². The van der Waals surface area contributed by atoms with Crippen LogP contribution in [0.2, 0.25) is 0 Å². The first-order chi connectivity index (χ1) is 31.3. The number of hydrogen-bond acceptors (Lipinski definition) is 8. The Hall–Kier alpha value is -2.88. The molecule has 0 bridgehead atoms. The van der Waals surface area contributed by atoms with E-state index >= 15 is 0 Å². The Morgan fingerprint density at radius 3 is 1.34 bits per heavy atom. The SMILES string of the molecule is CC/C=C\C/C=C\C/C=C\C/C=C\C/C=C\C/C=C\C/C=C\CCCCOCC(COP(=O)(O)OCC(O)CO)OC(=O)CCCCCCCCCCC/C=C\C/C=C\CCCCC. The Bertz CT molecular complexity index is 1360. The molecule has 0 aromatic heterocycles. The second-order valence-electron chi connectivity index (χ2n) is 16.1. The van der Waals surface area contributed by atoms with Crippen LogP contribution in [0.3, 0.4) is 0 Å². The number of aliphatic hydroxyl groups is 2. The van der Waals surface area contributed by atoms with Crippen molar-refractivity contribution in [3.63, 3.8) is 0 Å². The van der Waals surface area contributed by atoms with Crippen LogP contribution in [0.25, 0.3) is 0 Å². The molecule has 0 saturated heterocycles. The minimum Gasteiger partial charge on any atom is -0.457 e. The van der Waals surface area contributed by atoms with Gasteiger partial charge >= 0.3 is 13.8 Å². The van der Waals surface area contributed by atoms with E-state index in [1.165, 1.54) is 57.8 Å². The van der Waals surface area contributed by atoms with E-state index in [2.05, 4.69) is 123 Å². The molecular weight excluding hydrogens is 824 g/mol. The van der Waals surface area contributed by atoms with Crippen molar-refractivity contribution >= 4 is 13.8 Å². The maximum atomic E-state index is 12.7. The van der Waals surface area contributed by atoms with E-state index in [0.717, 1.165) is 96.3 Å². The summed E-state index contributed by atoms with van der Waals surface area (Å²) in [4.78, 5) is 22.7. The highest BCUT2D eigenvalue weighted by Gasteiger charge is 2.26. The van der Waals surface area contributed by atoms with Gasteiger partial charge < -0.3 is 24.6 Å². The van der Waals surface area contributed by atoms with E-state index in [4.69, 9.17) is 23.6 Å². The fourth-order valence-electron chi connectivity index (χ4n) is 6.19. The normalized spacial score (nSPS) is 14.8. The van der Waals surface area contributed by atoms with Crippen LogP contribution in [0.4, 0.5) is 0 Å². The van der Waals surface area contributed by atoms with E-state index in [1.54, 1.807) is 0 Å². The Balaban J connectivity index is 4.23. The number of esters is 1. The molecule has 64 heavy (non-hydrogen) atoms. The average molecular weight is 915 g/mol. The highest BCUT2D eigenvalue weighted by molar-refractivity contribution is 7.47. The summed E-state index contributed by atoms with van der Waals surface area (Å²) in [5.74, 6) is -0.407. The van der Waals surface area contributed by atoms with Gasteiger partial charge in [-0.1, -0.05) is 181 Å². The summed E-state index contributed by atoms with van der Waals surface area (Å²) < 4.78 is 33.4. The summed E-state index contributed by atoms with van der Waals surface area (Å²) in [7, 11) is -4.55. The lowest BCUT2D eigenvalue weighted by atomic mass is 10.1. The molecule has 0 aromatic rings. The van der Waals surface area contributed by atoms with Crippen molar-refractivity contribution in [2.75, 3.05) is 33.0 Å². The number of hydrogen-bond donors (Lipinski definition) is 3. The van der Waals surface area contributed by atoms with Crippen LogP contribution in [-0.4, -0.2) is 66.3 Å². The second-order valence-corrected chi connectivity index (χ2v) is 17.5. The number of phosphoric acid groups is 1. The zero-order valence-corrected chi connectivity index (χ0v) is 41.1. The number of allylic oxidation sites excluding steroid dienone is 18. The molecular formula is C54H91O9P. The Morgan fingerprint density at radius 1 is 0.500 bits per heavy atom. The quantitative estimate of drug-likeness (QED) is 0.0236. The Kier molecular flexibility index (Phi) is 47.3. The minimum atomic E-state index is -4.55. The third-order valence-corrected chi connectivity index (χ3v) is 10.9. The van der Waals surface area contributed by atoms with Gasteiger partial charge in [0, 0.05) is 13.0 Å². The van der Waals surface area contributed by atoms with Gasteiger partial charge in [-0.2, -0.15) is 0 Å². The van der Waals surface area contributed by atoms with Crippen molar-refractivity contribution in [3.8, 4) is 0 Å². The van der Waals surface area contributed by atoms with Crippen LogP contribution in [0.1, 0.15) is 181 Å². The molecule has 0 heterocycles. The van der Waals surface area contributed by atoms with E-state index in [0.29, 0.717) is 13.0 Å². The second kappa shape index (κ2) is 49.6. The zero-order valence-electron chi connectivity index (χ0n) is 40.2. The van der Waals surface area contributed by atoms with Crippen molar-refractivity contribution in [2.45, 2.75) is 193 Å². The summed E-state index contributed by atoms with van der Waals surface area (Å²) >= 11 is 0. The van der Waals surface area contributed by atoms with Gasteiger partial charge in [0.15, 0.2) is 0 Å². The summed E-state index contributed by atoms with van der Waals surface area (Å²) in [5, 5.41) is 18.4. The van der Waals surface area contributed by atoms with Crippen LogP contribution in [0, 0.1) is 0 Å². The Labute approximate surface area is 390 Å². The molecule has 0 aliphatic rings. The van der Waals surface area contributed by atoms with Crippen molar-refractivity contribution in [3.05, 3.63) is 109 Å². The van der Waals surface area contributed by atoms with Crippen LogP contribution < -0.4 is 0 Å². The van der Waals surface area contributed by atoms with E-state index in [9.17, 15) is 19.4 Å². The number of phosphoric ester groups is 1. The molecule has 0 fully saturated rings. The molecule has 0 saturated carbocycles. The van der Waals surface area contributed by atoms with Gasteiger partial charge in [0.2, 0.25) is 0 Å². The van der Waals surface area contributed by atoms with Crippen molar-refractivity contribution in [1.82, 2.24) is 0 Å². The third kappa shape index (κ3) is 48.6. The van der Waals surface area contributed by atoms with Crippen LogP contribution in [0.5, 0.6) is 0 Å². The van der Waals surface area contributed by atoms with Gasteiger partial charge in [-0.05, 0) is 103 Å². The summed E-state index contributed by atoms with van der Waals surface area (Å²) in [6.07, 6.45) is 64.8. The predicted octanol–water partition coefficient (Wildman–Crippen LogP) is 14.6. The number of carbonyl (C=O) groups is 1. The molecule has 0 radical (unpaired) electrons. The molecule has 0 aromatic carbocycles. The van der Waals surface area contributed by atoms with E-state index in [-0.39, 0.29) is 13.0 Å².